The SMILES string of the molecule is CC(C)OC(=O)Nc1ccc(C2C(C#N)c3ccc(Oc4ncccn4)cc3N2C2CC2)cc1F. The zero-order chi connectivity index (χ0) is 24.5. The molecule has 2 aromatic carbocycles. The molecule has 0 spiro atoms. The number of carbonyl (C=O) groups excluding carboxylic acids is 1. The summed E-state index contributed by atoms with van der Waals surface area (Å²) < 4.78 is 25.9. The maximum Gasteiger partial charge on any atom is 0.411 e. The molecule has 2 atom stereocenters. The molecule has 1 N–H and O–H groups in total. The van der Waals surface area contributed by atoms with Crippen molar-refractivity contribution in [1.82, 2.24) is 9.97 Å². The Morgan fingerprint density at radius 1 is 1.20 bits per heavy atom. The van der Waals surface area contributed by atoms with Gasteiger partial charge in [0.1, 0.15) is 11.6 Å². The number of benzene rings is 2. The number of nitriles is 1. The number of nitrogens with one attached hydrogen (secondary N) is 1. The van der Waals surface area contributed by atoms with Gasteiger partial charge in [-0.1, -0.05) is 12.1 Å². The van der Waals surface area contributed by atoms with Crippen LogP contribution in [0.4, 0.5) is 20.6 Å². The molecule has 5 rings (SSSR count). The van der Waals surface area contributed by atoms with Gasteiger partial charge < -0.3 is 14.4 Å². The summed E-state index contributed by atoms with van der Waals surface area (Å²) in [6.45, 7) is 3.43. The number of carbonyl (C=O) groups is 1. The summed E-state index contributed by atoms with van der Waals surface area (Å²) in [4.78, 5) is 22.3. The number of amides is 1. The van der Waals surface area contributed by atoms with Crippen molar-refractivity contribution < 1.29 is 18.7 Å². The number of fused-ring (bicyclic) bond motifs is 1. The normalized spacial score (nSPS) is 18.7. The van der Waals surface area contributed by atoms with E-state index in [1.807, 2.05) is 12.1 Å². The first kappa shape index (κ1) is 22.6. The molecule has 0 radical (unpaired) electrons. The fourth-order valence-corrected chi connectivity index (χ4v) is 4.44. The van der Waals surface area contributed by atoms with Gasteiger partial charge in [0.2, 0.25) is 0 Å². The van der Waals surface area contributed by atoms with Crippen molar-refractivity contribution in [2.45, 2.75) is 50.8 Å². The van der Waals surface area contributed by atoms with Crippen LogP contribution in [-0.4, -0.2) is 28.2 Å². The third-order valence-electron chi connectivity index (χ3n) is 5.98. The fourth-order valence-electron chi connectivity index (χ4n) is 4.44. The number of rotatable bonds is 6. The van der Waals surface area contributed by atoms with Crippen molar-refractivity contribution >= 4 is 17.5 Å². The molecule has 178 valence electrons. The van der Waals surface area contributed by atoms with Gasteiger partial charge in [-0.15, -0.1) is 0 Å². The number of halogens is 1. The second-order valence-corrected chi connectivity index (χ2v) is 8.86. The summed E-state index contributed by atoms with van der Waals surface area (Å²) in [5, 5.41) is 12.5. The van der Waals surface area contributed by atoms with Gasteiger partial charge in [-0.25, -0.2) is 19.2 Å². The summed E-state index contributed by atoms with van der Waals surface area (Å²) in [6.07, 6.45) is 4.14. The lowest BCUT2D eigenvalue weighted by molar-refractivity contribution is 0.130. The summed E-state index contributed by atoms with van der Waals surface area (Å²) >= 11 is 0. The molecule has 35 heavy (non-hydrogen) atoms. The van der Waals surface area contributed by atoms with Crippen molar-refractivity contribution in [2.75, 3.05) is 10.2 Å². The van der Waals surface area contributed by atoms with E-state index >= 15 is 4.39 Å². The van der Waals surface area contributed by atoms with Crippen molar-refractivity contribution in [2.24, 2.45) is 0 Å². The predicted molar refractivity (Wildman–Crippen MR) is 127 cm³/mol. The van der Waals surface area contributed by atoms with Gasteiger partial charge in [0.05, 0.1) is 29.8 Å². The first-order valence-corrected chi connectivity index (χ1v) is 11.5. The van der Waals surface area contributed by atoms with E-state index < -0.39 is 17.8 Å². The molecule has 1 aromatic heterocycles. The number of aromatic nitrogens is 2. The number of hydrogen-bond acceptors (Lipinski definition) is 7. The van der Waals surface area contributed by atoms with Gasteiger partial charge >= 0.3 is 12.1 Å². The molecule has 1 aliphatic carbocycles. The quantitative estimate of drug-likeness (QED) is 0.490. The molecular formula is C26H24FN5O3. The monoisotopic (exact) mass is 473 g/mol. The Labute approximate surface area is 202 Å². The maximum absolute atomic E-state index is 15.0. The molecule has 3 aromatic rings. The largest absolute Gasteiger partial charge is 0.447 e. The number of nitrogens with zero attached hydrogens (tertiary/aromatic N) is 4. The van der Waals surface area contributed by atoms with Gasteiger partial charge in [0.15, 0.2) is 0 Å². The van der Waals surface area contributed by atoms with Crippen molar-refractivity contribution in [3.63, 3.8) is 0 Å². The van der Waals surface area contributed by atoms with Crippen LogP contribution in [0.25, 0.3) is 0 Å². The summed E-state index contributed by atoms with van der Waals surface area (Å²) in [5.41, 5.74) is 2.45. The Morgan fingerprint density at radius 2 is 1.97 bits per heavy atom. The Balaban J connectivity index is 1.46. The van der Waals surface area contributed by atoms with Crippen LogP contribution in [0.3, 0.4) is 0 Å². The highest BCUT2D eigenvalue weighted by molar-refractivity contribution is 5.85. The van der Waals surface area contributed by atoms with Crippen molar-refractivity contribution in [1.29, 1.82) is 5.26 Å². The van der Waals surface area contributed by atoms with E-state index in [1.54, 1.807) is 44.4 Å². The van der Waals surface area contributed by atoms with E-state index in [9.17, 15) is 10.1 Å². The summed E-state index contributed by atoms with van der Waals surface area (Å²) in [6, 6.07) is 14.5. The standard InChI is InChI=1S/C26H24FN5O3/c1-15(2)34-26(33)31-22-9-4-16(12-21(22)27)24-20(14-28)19-8-7-18(35-25-29-10-3-11-30-25)13-23(19)32(24)17-5-6-17/h3-4,7-13,15,17,20,24H,5-6H2,1-2H3,(H,31,33). The third kappa shape index (κ3) is 4.60. The van der Waals surface area contributed by atoms with E-state index in [0.717, 1.165) is 24.1 Å². The maximum atomic E-state index is 15.0. The highest BCUT2D eigenvalue weighted by Gasteiger charge is 2.46. The first-order chi connectivity index (χ1) is 16.9. The Kier molecular flexibility index (Phi) is 5.95. The van der Waals surface area contributed by atoms with Crippen LogP contribution in [-0.2, 0) is 4.74 Å². The van der Waals surface area contributed by atoms with E-state index in [1.165, 1.54) is 12.1 Å². The fraction of sp³-hybridized carbons (Fsp3) is 0.308. The molecule has 2 heterocycles. The highest BCUT2D eigenvalue weighted by Crippen LogP contribution is 2.54. The topological polar surface area (TPSA) is 100 Å². The number of ether oxygens (including phenoxy) is 2. The second kappa shape index (κ2) is 9.22. The molecule has 9 heteroatoms. The smallest absolute Gasteiger partial charge is 0.411 e. The van der Waals surface area contributed by atoms with Gasteiger partial charge in [0, 0.05) is 30.2 Å². The minimum Gasteiger partial charge on any atom is -0.447 e. The van der Waals surface area contributed by atoms with Gasteiger partial charge in [-0.05, 0) is 62.1 Å². The van der Waals surface area contributed by atoms with E-state index in [0.29, 0.717) is 11.3 Å². The summed E-state index contributed by atoms with van der Waals surface area (Å²) in [5.74, 6) is -0.513. The van der Waals surface area contributed by atoms with Crippen LogP contribution in [0.15, 0.2) is 54.9 Å². The van der Waals surface area contributed by atoms with Crippen LogP contribution in [0.1, 0.15) is 49.8 Å². The molecule has 1 amide bonds. The van der Waals surface area contributed by atoms with Crippen LogP contribution in [0.5, 0.6) is 11.8 Å². The van der Waals surface area contributed by atoms with Crippen molar-refractivity contribution in [3.8, 4) is 17.8 Å². The zero-order valence-corrected chi connectivity index (χ0v) is 19.3. The molecule has 1 aliphatic heterocycles. The molecular weight excluding hydrogens is 449 g/mol. The molecule has 0 bridgehead atoms. The number of hydrogen-bond donors (Lipinski definition) is 1. The second-order valence-electron chi connectivity index (χ2n) is 8.86. The van der Waals surface area contributed by atoms with E-state index in [2.05, 4.69) is 26.3 Å². The lowest BCUT2D eigenvalue weighted by atomic mass is 9.91. The molecule has 1 fully saturated rings. The molecule has 2 aliphatic rings. The lowest BCUT2D eigenvalue weighted by Crippen LogP contribution is -2.29. The predicted octanol–water partition coefficient (Wildman–Crippen LogP) is 5.70. The van der Waals surface area contributed by atoms with Crippen LogP contribution < -0.4 is 15.0 Å². The molecule has 8 nitrogen and oxygen atoms in total. The van der Waals surface area contributed by atoms with Crippen LogP contribution in [0, 0.1) is 17.1 Å². The Hall–Kier alpha value is -4.19. The average molecular weight is 474 g/mol. The molecule has 0 saturated heterocycles. The highest BCUT2D eigenvalue weighted by atomic mass is 19.1. The Morgan fingerprint density at radius 3 is 2.63 bits per heavy atom. The molecule has 1 saturated carbocycles. The Bertz CT molecular complexity index is 1290. The summed E-state index contributed by atoms with van der Waals surface area (Å²) in [7, 11) is 0. The minimum absolute atomic E-state index is 0.0277. The lowest BCUT2D eigenvalue weighted by Gasteiger charge is -2.29. The van der Waals surface area contributed by atoms with Crippen LogP contribution in [0.2, 0.25) is 0 Å². The minimum atomic E-state index is -0.718. The number of anilines is 2. The first-order valence-electron chi connectivity index (χ1n) is 11.5. The van der Waals surface area contributed by atoms with Crippen molar-refractivity contribution in [3.05, 3.63) is 71.8 Å². The zero-order valence-electron chi connectivity index (χ0n) is 19.3. The third-order valence-corrected chi connectivity index (χ3v) is 5.98. The van der Waals surface area contributed by atoms with Crippen LogP contribution >= 0.6 is 0 Å². The van der Waals surface area contributed by atoms with Gasteiger partial charge in [-0.2, -0.15) is 5.26 Å². The van der Waals surface area contributed by atoms with E-state index in [-0.39, 0.29) is 29.9 Å². The van der Waals surface area contributed by atoms with E-state index in [4.69, 9.17) is 9.47 Å². The van der Waals surface area contributed by atoms with Gasteiger partial charge in [-0.3, -0.25) is 5.32 Å². The van der Waals surface area contributed by atoms with Gasteiger partial charge in [0.25, 0.3) is 0 Å². The molecule has 2 unspecified atom stereocenters. The average Bonchev–Trinajstić information content (AvgIpc) is 3.61.